The molecule has 1 radical (unpaired) electrons. The van der Waals surface area contributed by atoms with Gasteiger partial charge in [-0.15, -0.1) is 0 Å². The van der Waals surface area contributed by atoms with Gasteiger partial charge in [-0.05, 0) is 19.1 Å². The van der Waals surface area contributed by atoms with Crippen molar-refractivity contribution in [2.75, 3.05) is 19.8 Å². The van der Waals surface area contributed by atoms with Crippen molar-refractivity contribution in [1.82, 2.24) is 0 Å². The smallest absolute Gasteiger partial charge is 0.203 e. The molecule has 0 saturated carbocycles. The molecule has 13 heavy (non-hydrogen) atoms. The van der Waals surface area contributed by atoms with Crippen molar-refractivity contribution in [1.29, 1.82) is 0 Å². The van der Waals surface area contributed by atoms with Gasteiger partial charge in [-0.25, -0.2) is 0 Å². The minimum absolute atomic E-state index is 0.389. The lowest BCUT2D eigenvalue weighted by molar-refractivity contribution is 0.163. The maximum atomic E-state index is 5.43. The Morgan fingerprint density at radius 3 is 3.00 bits per heavy atom. The first-order chi connectivity index (χ1) is 6.42. The van der Waals surface area contributed by atoms with Crippen molar-refractivity contribution in [3.63, 3.8) is 0 Å². The number of hydrogen-bond donors (Lipinski definition) is 0. The predicted octanol–water partition coefficient (Wildman–Crippen LogP) is 1.67. The minimum atomic E-state index is 0.389. The summed E-state index contributed by atoms with van der Waals surface area (Å²) in [6, 6.07) is 5.58. The largest absolute Gasteiger partial charge is 0.490 e. The molecule has 1 aromatic carbocycles. The van der Waals surface area contributed by atoms with Crippen LogP contribution in [0.3, 0.4) is 0 Å². The molecule has 0 aliphatic carbocycles. The Hall–Kier alpha value is -1.38. The zero-order valence-electron chi connectivity index (χ0n) is 7.29. The topological polar surface area (TPSA) is 27.7 Å². The third kappa shape index (κ3) is 1.54. The van der Waals surface area contributed by atoms with Crippen molar-refractivity contribution in [3.05, 3.63) is 25.1 Å². The summed E-state index contributed by atoms with van der Waals surface area (Å²) in [4.78, 5) is 0. The third-order valence-corrected chi connectivity index (χ3v) is 1.79. The average Bonchev–Trinajstić information content (AvgIpc) is 2.19. The molecule has 0 aromatic heterocycles. The Balaban J connectivity index is 2.34. The number of benzene rings is 1. The molecule has 0 fully saturated rings. The van der Waals surface area contributed by atoms with Crippen molar-refractivity contribution in [2.24, 2.45) is 0 Å². The highest BCUT2D eigenvalue weighted by molar-refractivity contribution is 5.51. The van der Waals surface area contributed by atoms with Crippen LogP contribution in [0, 0.1) is 6.92 Å². The highest BCUT2D eigenvalue weighted by Crippen LogP contribution is 2.38. The van der Waals surface area contributed by atoms with E-state index in [0.717, 1.165) is 5.75 Å². The molecule has 0 unspecified atom stereocenters. The van der Waals surface area contributed by atoms with Crippen LogP contribution in [0.15, 0.2) is 18.2 Å². The predicted molar refractivity (Wildman–Crippen MR) is 48.3 cm³/mol. The van der Waals surface area contributed by atoms with Gasteiger partial charge in [0.1, 0.15) is 13.2 Å². The van der Waals surface area contributed by atoms with E-state index in [1.165, 1.54) is 0 Å². The van der Waals surface area contributed by atoms with E-state index in [1.54, 1.807) is 0 Å². The second kappa shape index (κ2) is 3.56. The highest BCUT2D eigenvalue weighted by Gasteiger charge is 2.15. The molecule has 3 nitrogen and oxygen atoms in total. The number of para-hydroxylation sites is 1. The van der Waals surface area contributed by atoms with Crippen molar-refractivity contribution >= 4 is 0 Å². The first kappa shape index (κ1) is 8.23. The van der Waals surface area contributed by atoms with Gasteiger partial charge in [0.25, 0.3) is 0 Å². The monoisotopic (exact) mass is 179 g/mol. The van der Waals surface area contributed by atoms with E-state index in [0.29, 0.717) is 31.3 Å². The molecule has 0 amide bonds. The van der Waals surface area contributed by atoms with Gasteiger partial charge in [0.05, 0.1) is 6.61 Å². The summed E-state index contributed by atoms with van der Waals surface area (Å²) < 4.78 is 16.1. The summed E-state index contributed by atoms with van der Waals surface area (Å²) in [6.45, 7) is 5.17. The summed E-state index contributed by atoms with van der Waals surface area (Å²) in [5.74, 6) is 2.14. The molecule has 3 heteroatoms. The zero-order chi connectivity index (χ0) is 9.10. The van der Waals surface area contributed by atoms with Gasteiger partial charge in [0, 0.05) is 0 Å². The molecular weight excluding hydrogens is 168 g/mol. The summed E-state index contributed by atoms with van der Waals surface area (Å²) >= 11 is 0. The van der Waals surface area contributed by atoms with Crippen LogP contribution < -0.4 is 14.2 Å². The van der Waals surface area contributed by atoms with E-state index in [9.17, 15) is 0 Å². The fourth-order valence-electron chi connectivity index (χ4n) is 1.27. The number of fused-ring (bicyclic) bond motifs is 1. The molecule has 0 atom stereocenters. The lowest BCUT2D eigenvalue weighted by Crippen LogP contribution is -2.16. The van der Waals surface area contributed by atoms with Gasteiger partial charge < -0.3 is 14.2 Å². The lowest BCUT2D eigenvalue weighted by Gasteiger charge is -2.20. The molecule has 1 aromatic rings. The van der Waals surface area contributed by atoms with Crippen LogP contribution in [-0.2, 0) is 0 Å². The summed E-state index contributed by atoms with van der Waals surface area (Å²) in [5.41, 5.74) is 0. The van der Waals surface area contributed by atoms with Crippen molar-refractivity contribution in [3.8, 4) is 17.2 Å². The van der Waals surface area contributed by atoms with Gasteiger partial charge >= 0.3 is 0 Å². The van der Waals surface area contributed by atoms with Crippen LogP contribution in [-0.4, -0.2) is 19.8 Å². The van der Waals surface area contributed by atoms with E-state index in [2.05, 4.69) is 6.92 Å². The molecule has 2 rings (SSSR count). The van der Waals surface area contributed by atoms with Crippen molar-refractivity contribution in [2.45, 2.75) is 0 Å². The molecule has 1 aliphatic rings. The molecule has 69 valence electrons. The van der Waals surface area contributed by atoms with Gasteiger partial charge in [0.15, 0.2) is 11.5 Å². The van der Waals surface area contributed by atoms with Crippen LogP contribution in [0.2, 0.25) is 0 Å². The lowest BCUT2D eigenvalue weighted by atomic mass is 10.3. The molecule has 0 bridgehead atoms. The van der Waals surface area contributed by atoms with Crippen LogP contribution >= 0.6 is 0 Å². The third-order valence-electron chi connectivity index (χ3n) is 1.79. The first-order valence-corrected chi connectivity index (χ1v) is 4.22. The van der Waals surface area contributed by atoms with Gasteiger partial charge in [-0.3, -0.25) is 0 Å². The molecule has 0 spiro atoms. The fraction of sp³-hybridized carbons (Fsp3) is 0.300. The zero-order valence-corrected chi connectivity index (χ0v) is 7.29. The maximum Gasteiger partial charge on any atom is 0.203 e. The minimum Gasteiger partial charge on any atom is -0.490 e. The van der Waals surface area contributed by atoms with E-state index < -0.39 is 0 Å². The van der Waals surface area contributed by atoms with Gasteiger partial charge in [-0.1, -0.05) is 6.07 Å². The molecule has 0 N–H and O–H groups in total. The quantitative estimate of drug-likeness (QED) is 0.691. The van der Waals surface area contributed by atoms with E-state index in [-0.39, 0.29) is 0 Å². The van der Waals surface area contributed by atoms with Gasteiger partial charge in [0.2, 0.25) is 5.75 Å². The highest BCUT2D eigenvalue weighted by atomic mass is 16.6. The van der Waals surface area contributed by atoms with Gasteiger partial charge in [-0.2, -0.15) is 0 Å². The second-order valence-electron chi connectivity index (χ2n) is 2.63. The van der Waals surface area contributed by atoms with Crippen molar-refractivity contribution < 1.29 is 14.2 Å². The van der Waals surface area contributed by atoms with E-state index in [1.807, 2.05) is 18.2 Å². The average molecular weight is 179 g/mol. The summed E-state index contributed by atoms with van der Waals surface area (Å²) in [7, 11) is 0. The summed E-state index contributed by atoms with van der Waals surface area (Å²) in [5, 5.41) is 0. The van der Waals surface area contributed by atoms with Crippen LogP contribution in [0.25, 0.3) is 0 Å². The number of rotatable bonds is 2. The Kier molecular flexibility index (Phi) is 2.25. The fourth-order valence-corrected chi connectivity index (χ4v) is 1.27. The first-order valence-electron chi connectivity index (χ1n) is 4.22. The molecule has 1 aliphatic heterocycles. The Labute approximate surface area is 77.2 Å². The van der Waals surface area contributed by atoms with Crippen LogP contribution in [0.1, 0.15) is 0 Å². The molecule has 1 heterocycles. The normalized spacial score (nSPS) is 13.9. The summed E-state index contributed by atoms with van der Waals surface area (Å²) in [6.07, 6.45) is 0. The standard InChI is InChI=1S/C10H11O3/c1-2-11-8-4-3-5-9-10(8)13-7-6-12-9/h3-5H,1-2,6-7H2. The molecular formula is C10H11O3. The Bertz CT molecular complexity index is 296. The van der Waals surface area contributed by atoms with E-state index in [4.69, 9.17) is 14.2 Å². The Morgan fingerprint density at radius 2 is 2.15 bits per heavy atom. The number of ether oxygens (including phenoxy) is 3. The number of hydrogen-bond acceptors (Lipinski definition) is 3. The van der Waals surface area contributed by atoms with E-state index >= 15 is 0 Å². The second-order valence-corrected chi connectivity index (χ2v) is 2.63. The Morgan fingerprint density at radius 1 is 1.31 bits per heavy atom. The van der Waals surface area contributed by atoms with Crippen LogP contribution in [0.5, 0.6) is 17.2 Å². The van der Waals surface area contributed by atoms with Crippen LogP contribution in [0.4, 0.5) is 0 Å². The SMILES string of the molecule is [CH2]COc1cccc2c1OCCO2. The maximum absolute atomic E-state index is 5.43. The molecule has 0 saturated heterocycles.